The average Bonchev–Trinajstić information content (AvgIpc) is 3.39. The number of aromatic amines is 1. The molecule has 8 heteroatoms. The Hall–Kier alpha value is -3.10. The molecule has 0 spiro atoms. The van der Waals surface area contributed by atoms with Crippen LogP contribution in [0.15, 0.2) is 57.3 Å². The number of phenols is 1. The molecule has 0 amide bonds. The molecule has 1 saturated heterocycles. The summed E-state index contributed by atoms with van der Waals surface area (Å²) in [6.45, 7) is 4.20. The van der Waals surface area contributed by atoms with Crippen LogP contribution in [-0.2, 0) is 6.54 Å². The Kier molecular flexibility index (Phi) is 4.57. The van der Waals surface area contributed by atoms with Crippen LogP contribution < -0.4 is 15.4 Å². The molecule has 3 aromatic heterocycles. The third-order valence-corrected chi connectivity index (χ3v) is 6.26. The predicted octanol–water partition coefficient (Wildman–Crippen LogP) is 1.86. The number of aromatic hydroxyl groups is 1. The number of quaternary nitrogens is 1. The van der Waals surface area contributed by atoms with Crippen molar-refractivity contribution < 1.29 is 14.4 Å². The number of thiophene rings is 1. The first-order valence-electron chi connectivity index (χ1n) is 9.60. The van der Waals surface area contributed by atoms with Gasteiger partial charge in [0.2, 0.25) is 0 Å². The third-order valence-electron chi connectivity index (χ3n) is 5.39. The van der Waals surface area contributed by atoms with E-state index in [9.17, 15) is 9.90 Å². The molecule has 0 atom stereocenters. The second-order valence-corrected chi connectivity index (χ2v) is 8.08. The van der Waals surface area contributed by atoms with Crippen molar-refractivity contribution in [1.29, 1.82) is 0 Å². The van der Waals surface area contributed by atoms with E-state index in [4.69, 9.17) is 9.40 Å². The van der Waals surface area contributed by atoms with Crippen molar-refractivity contribution in [3.8, 4) is 17.1 Å². The highest BCUT2D eigenvalue weighted by Crippen LogP contribution is 2.30. The number of furan rings is 1. The van der Waals surface area contributed by atoms with Gasteiger partial charge >= 0.3 is 0 Å². The van der Waals surface area contributed by atoms with Crippen molar-refractivity contribution in [2.24, 2.45) is 0 Å². The smallest absolute Gasteiger partial charge is 0.260 e. The maximum absolute atomic E-state index is 12.7. The molecule has 0 aliphatic carbocycles. The van der Waals surface area contributed by atoms with Gasteiger partial charge in [-0.1, -0.05) is 12.1 Å². The summed E-state index contributed by atoms with van der Waals surface area (Å²) in [6.07, 6.45) is 1.60. The van der Waals surface area contributed by atoms with Crippen LogP contribution in [0.5, 0.6) is 5.75 Å². The second-order valence-electron chi connectivity index (χ2n) is 7.22. The summed E-state index contributed by atoms with van der Waals surface area (Å²) in [6, 6.07) is 11.1. The fraction of sp³-hybridized carbons (Fsp3) is 0.238. The van der Waals surface area contributed by atoms with Gasteiger partial charge in [0, 0.05) is 10.9 Å². The molecule has 4 heterocycles. The van der Waals surface area contributed by atoms with Gasteiger partial charge in [-0.2, -0.15) is 0 Å². The molecule has 0 saturated carbocycles. The van der Waals surface area contributed by atoms with Crippen LogP contribution in [0.25, 0.3) is 21.5 Å². The van der Waals surface area contributed by atoms with Gasteiger partial charge in [0.05, 0.1) is 43.5 Å². The summed E-state index contributed by atoms with van der Waals surface area (Å²) < 4.78 is 5.45. The van der Waals surface area contributed by atoms with E-state index in [1.165, 1.54) is 16.2 Å². The van der Waals surface area contributed by atoms with Crippen LogP contribution in [0, 0.1) is 0 Å². The Bertz CT molecular complexity index is 1190. The molecule has 1 aliphatic heterocycles. The van der Waals surface area contributed by atoms with E-state index < -0.39 is 0 Å². The number of nitrogens with one attached hydrogen (secondary N) is 2. The molecule has 1 aromatic carbocycles. The lowest BCUT2D eigenvalue weighted by Gasteiger charge is -2.33. The first-order chi connectivity index (χ1) is 14.2. The molecular formula is C21H21N4O3S+. The summed E-state index contributed by atoms with van der Waals surface area (Å²) in [5.74, 6) is 1.71. The number of para-hydroxylation sites is 2. The highest BCUT2D eigenvalue weighted by atomic mass is 32.1. The number of aromatic nitrogens is 2. The Morgan fingerprint density at radius 3 is 2.79 bits per heavy atom. The number of H-pyrrole nitrogens is 1. The van der Waals surface area contributed by atoms with Crippen LogP contribution in [0.2, 0.25) is 0 Å². The van der Waals surface area contributed by atoms with Crippen LogP contribution in [0.1, 0.15) is 5.82 Å². The van der Waals surface area contributed by atoms with Crippen LogP contribution in [0.4, 0.5) is 5.69 Å². The highest BCUT2D eigenvalue weighted by Gasteiger charge is 2.23. The van der Waals surface area contributed by atoms with E-state index in [2.05, 4.69) is 9.88 Å². The second kappa shape index (κ2) is 7.38. The van der Waals surface area contributed by atoms with E-state index in [1.807, 2.05) is 35.7 Å². The van der Waals surface area contributed by atoms with Gasteiger partial charge in [0.15, 0.2) is 5.82 Å². The minimum absolute atomic E-state index is 0.120. The molecule has 148 valence electrons. The van der Waals surface area contributed by atoms with Crippen molar-refractivity contribution in [1.82, 2.24) is 9.97 Å². The zero-order valence-corrected chi connectivity index (χ0v) is 16.5. The lowest BCUT2D eigenvalue weighted by Crippen LogP contribution is -3.13. The van der Waals surface area contributed by atoms with Crippen molar-refractivity contribution in [3.63, 3.8) is 0 Å². The maximum atomic E-state index is 12.7. The standard InChI is InChI=1S/C21H20N4O3S/c26-16-5-2-1-4-15(16)25-9-7-24(8-10-25)12-18-22-20(27)19-14(13-29-21(19)23-18)17-6-3-11-28-17/h1-6,11,13,26H,7-10,12H2,(H,22,23,27)/p+1. The van der Waals surface area contributed by atoms with Gasteiger partial charge in [-0.15, -0.1) is 11.3 Å². The molecule has 4 aromatic rings. The summed E-state index contributed by atoms with van der Waals surface area (Å²) in [4.78, 5) is 24.7. The summed E-state index contributed by atoms with van der Waals surface area (Å²) in [5, 5.41) is 12.6. The highest BCUT2D eigenvalue weighted by molar-refractivity contribution is 7.17. The van der Waals surface area contributed by atoms with E-state index in [0.29, 0.717) is 29.3 Å². The summed E-state index contributed by atoms with van der Waals surface area (Å²) >= 11 is 1.47. The number of nitrogens with zero attached hydrogens (tertiary/aromatic N) is 2. The molecule has 5 rings (SSSR count). The first-order valence-corrected chi connectivity index (χ1v) is 10.5. The zero-order chi connectivity index (χ0) is 19.8. The molecule has 29 heavy (non-hydrogen) atoms. The minimum Gasteiger partial charge on any atom is -0.506 e. The topological polar surface area (TPSA) is 86.8 Å². The van der Waals surface area contributed by atoms with Crippen LogP contribution in [0.3, 0.4) is 0 Å². The molecular weight excluding hydrogens is 388 g/mol. The number of anilines is 1. The van der Waals surface area contributed by atoms with Gasteiger partial charge in [-0.05, 0) is 24.3 Å². The molecule has 0 radical (unpaired) electrons. The summed E-state index contributed by atoms with van der Waals surface area (Å²) in [5.41, 5.74) is 1.55. The van der Waals surface area contributed by atoms with Gasteiger partial charge in [-0.25, -0.2) is 4.98 Å². The Morgan fingerprint density at radius 2 is 2.03 bits per heavy atom. The molecule has 7 nitrogen and oxygen atoms in total. The Labute approximate surface area is 170 Å². The quantitative estimate of drug-likeness (QED) is 0.479. The molecule has 1 fully saturated rings. The molecule has 0 bridgehead atoms. The monoisotopic (exact) mass is 409 g/mol. The number of phenolic OH excluding ortho intramolecular Hbond substituents is 1. The van der Waals surface area contributed by atoms with Crippen molar-refractivity contribution in [2.75, 3.05) is 31.1 Å². The van der Waals surface area contributed by atoms with Crippen LogP contribution in [-0.4, -0.2) is 41.3 Å². The molecule has 1 aliphatic rings. The van der Waals surface area contributed by atoms with Crippen molar-refractivity contribution >= 4 is 27.2 Å². The Balaban J connectivity index is 1.32. The fourth-order valence-corrected chi connectivity index (χ4v) is 4.85. The van der Waals surface area contributed by atoms with Gasteiger partial charge < -0.3 is 24.3 Å². The van der Waals surface area contributed by atoms with Crippen LogP contribution >= 0.6 is 11.3 Å². The molecule has 0 unspecified atom stereocenters. The first kappa shape index (κ1) is 18.0. The number of fused-ring (bicyclic) bond motifs is 1. The normalized spacial score (nSPS) is 15.2. The number of hydrogen-bond donors (Lipinski definition) is 3. The number of rotatable bonds is 4. The minimum atomic E-state index is -0.120. The van der Waals surface area contributed by atoms with Gasteiger partial charge in [0.1, 0.15) is 22.9 Å². The lowest BCUT2D eigenvalue weighted by atomic mass is 10.2. The number of hydrogen-bond acceptors (Lipinski definition) is 6. The predicted molar refractivity (Wildman–Crippen MR) is 113 cm³/mol. The van der Waals surface area contributed by atoms with Crippen molar-refractivity contribution in [3.05, 3.63) is 64.2 Å². The van der Waals surface area contributed by atoms with E-state index in [-0.39, 0.29) is 5.56 Å². The Morgan fingerprint density at radius 1 is 1.21 bits per heavy atom. The fourth-order valence-electron chi connectivity index (χ4n) is 3.90. The van der Waals surface area contributed by atoms with E-state index >= 15 is 0 Å². The summed E-state index contributed by atoms with van der Waals surface area (Å²) in [7, 11) is 0. The zero-order valence-electron chi connectivity index (χ0n) is 15.7. The SMILES string of the molecule is O=c1[nH]c(C[NH+]2CCN(c3ccccc3O)CC2)nc2scc(-c3ccco3)c12. The van der Waals surface area contributed by atoms with E-state index in [1.54, 1.807) is 12.3 Å². The largest absolute Gasteiger partial charge is 0.506 e. The van der Waals surface area contributed by atoms with Gasteiger partial charge in [0.25, 0.3) is 5.56 Å². The van der Waals surface area contributed by atoms with Crippen molar-refractivity contribution in [2.45, 2.75) is 6.54 Å². The average molecular weight is 409 g/mol. The lowest BCUT2D eigenvalue weighted by molar-refractivity contribution is -0.915. The molecule has 3 N–H and O–H groups in total. The van der Waals surface area contributed by atoms with Gasteiger partial charge in [-0.3, -0.25) is 4.79 Å². The number of benzene rings is 1. The van der Waals surface area contributed by atoms with E-state index in [0.717, 1.165) is 42.3 Å². The maximum Gasteiger partial charge on any atom is 0.260 e. The number of piperazine rings is 1. The third kappa shape index (κ3) is 3.41.